The molecule has 6 nitrogen and oxygen atoms in total. The Hall–Kier alpha value is -2.22. The summed E-state index contributed by atoms with van der Waals surface area (Å²) in [5.41, 5.74) is 0.384. The maximum Gasteiger partial charge on any atom is 0.275 e. The number of carbonyl (C=O) groups is 1. The Balaban J connectivity index is 1.91. The van der Waals surface area contributed by atoms with Gasteiger partial charge in [-0.25, -0.2) is 12.8 Å². The van der Waals surface area contributed by atoms with Gasteiger partial charge in [0.25, 0.3) is 5.91 Å². The molecule has 2 heterocycles. The normalized spacial score (nSPS) is 19.5. The van der Waals surface area contributed by atoms with Gasteiger partial charge in [-0.2, -0.15) is 5.10 Å². The summed E-state index contributed by atoms with van der Waals surface area (Å²) in [5.74, 6) is -1.42. The first-order valence-electron chi connectivity index (χ1n) is 6.73. The van der Waals surface area contributed by atoms with E-state index >= 15 is 0 Å². The number of fused-ring (bicyclic) bond motifs is 1. The molecule has 0 bridgehead atoms. The SMILES string of the molecule is Cc1[nH]nc(C(=O)NC2CCS(=O)(=O)c3ccccc32)c1F. The molecule has 1 atom stereocenters. The van der Waals surface area contributed by atoms with E-state index in [9.17, 15) is 17.6 Å². The van der Waals surface area contributed by atoms with Crippen LogP contribution in [0, 0.1) is 12.7 Å². The monoisotopic (exact) mass is 323 g/mol. The molecule has 1 unspecified atom stereocenters. The molecule has 0 radical (unpaired) electrons. The molecular formula is C14H14FN3O3S. The fraction of sp³-hybridized carbons (Fsp3) is 0.286. The number of aryl methyl sites for hydroxylation is 1. The van der Waals surface area contributed by atoms with Crippen LogP contribution in [0.15, 0.2) is 29.2 Å². The van der Waals surface area contributed by atoms with E-state index in [-0.39, 0.29) is 28.5 Å². The lowest BCUT2D eigenvalue weighted by Gasteiger charge is -2.25. The summed E-state index contributed by atoms with van der Waals surface area (Å²) in [4.78, 5) is 12.3. The molecule has 1 aromatic heterocycles. The van der Waals surface area contributed by atoms with Crippen molar-refractivity contribution in [3.63, 3.8) is 0 Å². The lowest BCUT2D eigenvalue weighted by Crippen LogP contribution is -2.34. The van der Waals surface area contributed by atoms with E-state index in [4.69, 9.17) is 0 Å². The third kappa shape index (κ3) is 2.39. The summed E-state index contributed by atoms with van der Waals surface area (Å²) in [6.07, 6.45) is 0.246. The van der Waals surface area contributed by atoms with Gasteiger partial charge in [0.05, 0.1) is 22.4 Å². The number of H-pyrrole nitrogens is 1. The fourth-order valence-corrected chi connectivity index (χ4v) is 4.15. The van der Waals surface area contributed by atoms with Crippen LogP contribution in [0.2, 0.25) is 0 Å². The topological polar surface area (TPSA) is 91.9 Å². The molecule has 0 saturated heterocycles. The van der Waals surface area contributed by atoms with Crippen molar-refractivity contribution < 1.29 is 17.6 Å². The van der Waals surface area contributed by atoms with Crippen molar-refractivity contribution in [2.24, 2.45) is 0 Å². The van der Waals surface area contributed by atoms with E-state index in [1.54, 1.807) is 18.2 Å². The minimum absolute atomic E-state index is 0.0585. The van der Waals surface area contributed by atoms with Crippen molar-refractivity contribution in [1.82, 2.24) is 15.5 Å². The summed E-state index contributed by atoms with van der Waals surface area (Å²) >= 11 is 0. The number of halogens is 1. The highest BCUT2D eigenvalue weighted by Gasteiger charge is 2.31. The second kappa shape index (κ2) is 5.20. The van der Waals surface area contributed by atoms with Gasteiger partial charge in [0.1, 0.15) is 0 Å². The van der Waals surface area contributed by atoms with E-state index in [0.717, 1.165) is 0 Å². The van der Waals surface area contributed by atoms with Crippen LogP contribution in [0.4, 0.5) is 4.39 Å². The Kier molecular flexibility index (Phi) is 3.48. The Labute approximate surface area is 126 Å². The van der Waals surface area contributed by atoms with Gasteiger partial charge in [-0.05, 0) is 25.0 Å². The molecule has 116 valence electrons. The minimum Gasteiger partial charge on any atom is -0.344 e. The standard InChI is InChI=1S/C14H14FN3O3S/c1-8-12(15)13(18-17-8)14(19)16-10-6-7-22(20,21)11-5-3-2-4-9(10)11/h2-5,10H,6-7H2,1H3,(H,16,19)(H,17,18). The molecule has 1 amide bonds. The van der Waals surface area contributed by atoms with E-state index < -0.39 is 27.6 Å². The number of rotatable bonds is 2. The van der Waals surface area contributed by atoms with Crippen molar-refractivity contribution in [1.29, 1.82) is 0 Å². The van der Waals surface area contributed by atoms with Crippen LogP contribution in [0.25, 0.3) is 0 Å². The molecule has 1 aromatic carbocycles. The van der Waals surface area contributed by atoms with Crippen LogP contribution in [-0.2, 0) is 9.84 Å². The van der Waals surface area contributed by atoms with Crippen molar-refractivity contribution in [3.05, 3.63) is 47.0 Å². The van der Waals surface area contributed by atoms with Gasteiger partial charge in [0.2, 0.25) is 0 Å². The first kappa shape index (κ1) is 14.7. The van der Waals surface area contributed by atoms with Crippen LogP contribution in [-0.4, -0.2) is 30.3 Å². The Bertz CT molecular complexity index is 845. The summed E-state index contributed by atoms with van der Waals surface area (Å²) in [5, 5.41) is 8.70. The van der Waals surface area contributed by atoms with Gasteiger partial charge in [0.15, 0.2) is 21.3 Å². The number of aromatic nitrogens is 2. The molecule has 1 aliphatic heterocycles. The maximum atomic E-state index is 13.7. The van der Waals surface area contributed by atoms with E-state index in [1.165, 1.54) is 13.0 Å². The Morgan fingerprint density at radius 1 is 1.41 bits per heavy atom. The lowest BCUT2D eigenvalue weighted by molar-refractivity contribution is 0.0925. The number of hydrogen-bond acceptors (Lipinski definition) is 4. The molecule has 1 aliphatic rings. The highest BCUT2D eigenvalue weighted by atomic mass is 32.2. The van der Waals surface area contributed by atoms with Crippen LogP contribution >= 0.6 is 0 Å². The van der Waals surface area contributed by atoms with E-state index in [0.29, 0.717) is 5.56 Å². The largest absolute Gasteiger partial charge is 0.344 e. The van der Waals surface area contributed by atoms with E-state index in [2.05, 4.69) is 15.5 Å². The number of carbonyl (C=O) groups excluding carboxylic acids is 1. The van der Waals surface area contributed by atoms with Crippen LogP contribution < -0.4 is 5.32 Å². The van der Waals surface area contributed by atoms with E-state index in [1.807, 2.05) is 0 Å². The van der Waals surface area contributed by atoms with Crippen molar-refractivity contribution >= 4 is 15.7 Å². The molecule has 0 spiro atoms. The summed E-state index contributed by atoms with van der Waals surface area (Å²) in [7, 11) is -3.33. The highest BCUT2D eigenvalue weighted by molar-refractivity contribution is 7.91. The van der Waals surface area contributed by atoms with Gasteiger partial charge >= 0.3 is 0 Å². The van der Waals surface area contributed by atoms with Gasteiger partial charge in [0, 0.05) is 0 Å². The molecular weight excluding hydrogens is 309 g/mol. The molecule has 22 heavy (non-hydrogen) atoms. The van der Waals surface area contributed by atoms with Crippen molar-refractivity contribution in [2.75, 3.05) is 5.75 Å². The number of hydrogen-bond donors (Lipinski definition) is 2. The second-order valence-electron chi connectivity index (χ2n) is 5.18. The second-order valence-corrected chi connectivity index (χ2v) is 7.26. The third-order valence-corrected chi connectivity index (χ3v) is 5.51. The first-order chi connectivity index (χ1) is 10.4. The van der Waals surface area contributed by atoms with Crippen LogP contribution in [0.5, 0.6) is 0 Å². The maximum absolute atomic E-state index is 13.7. The fourth-order valence-electron chi connectivity index (χ4n) is 2.53. The van der Waals surface area contributed by atoms with Crippen molar-refractivity contribution in [3.8, 4) is 0 Å². The van der Waals surface area contributed by atoms with Gasteiger partial charge in [-0.3, -0.25) is 9.89 Å². The third-order valence-electron chi connectivity index (χ3n) is 3.70. The quantitative estimate of drug-likeness (QED) is 0.876. The smallest absolute Gasteiger partial charge is 0.275 e. The molecule has 0 aliphatic carbocycles. The zero-order chi connectivity index (χ0) is 15.9. The Morgan fingerprint density at radius 3 is 2.82 bits per heavy atom. The molecule has 0 saturated carbocycles. The predicted molar refractivity (Wildman–Crippen MR) is 76.6 cm³/mol. The van der Waals surface area contributed by atoms with Crippen LogP contribution in [0.3, 0.4) is 0 Å². The molecule has 2 aromatic rings. The molecule has 8 heteroatoms. The Morgan fingerprint density at radius 2 is 2.14 bits per heavy atom. The number of sulfone groups is 1. The summed E-state index contributed by atoms with van der Waals surface area (Å²) in [6.45, 7) is 1.47. The molecule has 3 rings (SSSR count). The minimum atomic E-state index is -3.33. The first-order valence-corrected chi connectivity index (χ1v) is 8.38. The molecule has 2 N–H and O–H groups in total. The highest BCUT2D eigenvalue weighted by Crippen LogP contribution is 2.32. The van der Waals surface area contributed by atoms with Crippen LogP contribution in [0.1, 0.15) is 34.2 Å². The van der Waals surface area contributed by atoms with Crippen molar-refractivity contribution in [2.45, 2.75) is 24.3 Å². The zero-order valence-electron chi connectivity index (χ0n) is 11.8. The van der Waals surface area contributed by atoms with Gasteiger partial charge in [-0.15, -0.1) is 0 Å². The number of aromatic amines is 1. The van der Waals surface area contributed by atoms with Gasteiger partial charge in [-0.1, -0.05) is 18.2 Å². The summed E-state index contributed by atoms with van der Waals surface area (Å²) < 4.78 is 37.8. The number of amides is 1. The average molecular weight is 323 g/mol. The number of nitrogens with zero attached hydrogens (tertiary/aromatic N) is 1. The predicted octanol–water partition coefficient (Wildman–Crippen LogP) is 1.51. The summed E-state index contributed by atoms with van der Waals surface area (Å²) in [6, 6.07) is 6.03. The number of nitrogens with one attached hydrogen (secondary N) is 2. The zero-order valence-corrected chi connectivity index (χ0v) is 12.6. The number of benzene rings is 1. The molecule has 0 fully saturated rings. The van der Waals surface area contributed by atoms with Gasteiger partial charge < -0.3 is 5.32 Å². The average Bonchev–Trinajstić information content (AvgIpc) is 2.82. The lowest BCUT2D eigenvalue weighted by atomic mass is 10.0.